The first-order valence-electron chi connectivity index (χ1n) is 10.4. The highest BCUT2D eigenvalue weighted by Crippen LogP contribution is 2.18. The van der Waals surface area contributed by atoms with E-state index in [0.29, 0.717) is 5.92 Å². The molecule has 1 aromatic rings. The molecule has 0 saturated carbocycles. The largest absolute Gasteiger partial charge is 0.356 e. The molecule has 2 N–H and O–H groups in total. The van der Waals surface area contributed by atoms with E-state index in [2.05, 4.69) is 58.6 Å². The molecule has 1 heterocycles. The predicted octanol–water partition coefficient (Wildman–Crippen LogP) is 2.21. The molecule has 0 bridgehead atoms. The first-order chi connectivity index (χ1) is 13.4. The fourth-order valence-corrected chi connectivity index (χ4v) is 3.64. The molecule has 1 fully saturated rings. The van der Waals surface area contributed by atoms with Gasteiger partial charge in [-0.1, -0.05) is 36.8 Å². The lowest BCUT2D eigenvalue weighted by atomic mass is 10.0. The zero-order valence-corrected chi connectivity index (χ0v) is 18.2. The summed E-state index contributed by atoms with van der Waals surface area (Å²) in [6.45, 7) is 7.98. The number of likely N-dealkylation sites (N-methyl/N-ethyl adjacent to an activating group) is 1. The van der Waals surface area contributed by atoms with Crippen molar-refractivity contribution in [3.63, 3.8) is 0 Å². The highest BCUT2D eigenvalue weighted by Gasteiger charge is 2.30. The van der Waals surface area contributed by atoms with E-state index in [4.69, 9.17) is 0 Å². The lowest BCUT2D eigenvalue weighted by Gasteiger charge is -2.26. The van der Waals surface area contributed by atoms with Crippen LogP contribution in [0.5, 0.6) is 0 Å². The Hall–Kier alpha value is -2.08. The van der Waals surface area contributed by atoms with Gasteiger partial charge in [-0.3, -0.25) is 14.7 Å². The van der Waals surface area contributed by atoms with Gasteiger partial charge >= 0.3 is 0 Å². The van der Waals surface area contributed by atoms with Crippen molar-refractivity contribution in [2.45, 2.75) is 45.1 Å². The van der Waals surface area contributed by atoms with Gasteiger partial charge in [-0.2, -0.15) is 0 Å². The molecule has 0 radical (unpaired) electrons. The van der Waals surface area contributed by atoms with Crippen LogP contribution in [0.1, 0.15) is 43.2 Å². The van der Waals surface area contributed by atoms with E-state index in [1.807, 2.05) is 14.1 Å². The molecule has 0 aromatic heterocycles. The molecule has 6 nitrogen and oxygen atoms in total. The number of benzene rings is 1. The molecule has 2 unspecified atom stereocenters. The molecule has 0 spiro atoms. The third-order valence-electron chi connectivity index (χ3n) is 5.45. The fourth-order valence-electron chi connectivity index (χ4n) is 3.64. The van der Waals surface area contributed by atoms with Crippen molar-refractivity contribution in [3.05, 3.63) is 35.4 Å². The van der Waals surface area contributed by atoms with Gasteiger partial charge in [-0.25, -0.2) is 0 Å². The molecule has 1 amide bonds. The van der Waals surface area contributed by atoms with E-state index in [0.717, 1.165) is 51.4 Å². The summed E-state index contributed by atoms with van der Waals surface area (Å²) in [5.74, 6) is 1.48. The highest BCUT2D eigenvalue weighted by molar-refractivity contribution is 5.81. The molecule has 2 rings (SSSR count). The number of aliphatic imine (C=N–C) groups is 1. The van der Waals surface area contributed by atoms with Gasteiger partial charge in [-0.15, -0.1) is 0 Å². The topological polar surface area (TPSA) is 60.0 Å². The van der Waals surface area contributed by atoms with Crippen molar-refractivity contribution in [1.82, 2.24) is 20.4 Å². The van der Waals surface area contributed by atoms with Crippen molar-refractivity contribution in [3.8, 4) is 0 Å². The van der Waals surface area contributed by atoms with E-state index in [-0.39, 0.29) is 11.9 Å². The molecule has 1 aromatic carbocycles. The van der Waals surface area contributed by atoms with Crippen molar-refractivity contribution < 1.29 is 4.79 Å². The molecule has 2 atom stereocenters. The molecule has 156 valence electrons. The summed E-state index contributed by atoms with van der Waals surface area (Å²) in [5, 5.41) is 6.81. The second-order valence-electron chi connectivity index (χ2n) is 7.97. The summed E-state index contributed by atoms with van der Waals surface area (Å²) in [5.41, 5.74) is 2.62. The first kappa shape index (κ1) is 22.2. The summed E-state index contributed by atoms with van der Waals surface area (Å²) < 4.78 is 0. The Balaban J connectivity index is 1.69. The number of likely N-dealkylation sites (tertiary alicyclic amines) is 1. The van der Waals surface area contributed by atoms with Crippen molar-refractivity contribution in [2.24, 2.45) is 4.99 Å². The Labute approximate surface area is 170 Å². The lowest BCUT2D eigenvalue weighted by Crippen LogP contribution is -2.44. The number of carbonyl (C=O) groups is 1. The molecule has 6 heteroatoms. The maximum absolute atomic E-state index is 12.3. The minimum absolute atomic E-state index is 0.0581. The predicted molar refractivity (Wildman–Crippen MR) is 117 cm³/mol. The number of rotatable bonds is 8. The molecule has 1 saturated heterocycles. The van der Waals surface area contributed by atoms with Crippen LogP contribution in [0.3, 0.4) is 0 Å². The van der Waals surface area contributed by atoms with E-state index >= 15 is 0 Å². The number of amides is 1. The van der Waals surface area contributed by atoms with E-state index in [1.54, 1.807) is 11.9 Å². The van der Waals surface area contributed by atoms with Crippen molar-refractivity contribution in [2.75, 3.05) is 47.3 Å². The van der Waals surface area contributed by atoms with Gasteiger partial charge in [0.25, 0.3) is 0 Å². The third kappa shape index (κ3) is 6.51. The average Bonchev–Trinajstić information content (AvgIpc) is 3.15. The number of hydrogen-bond acceptors (Lipinski definition) is 3. The molecule has 1 aliphatic heterocycles. The van der Waals surface area contributed by atoms with E-state index < -0.39 is 0 Å². The van der Waals surface area contributed by atoms with Crippen LogP contribution in [0.15, 0.2) is 29.3 Å². The van der Waals surface area contributed by atoms with E-state index in [9.17, 15) is 4.79 Å². The maximum atomic E-state index is 12.3. The van der Waals surface area contributed by atoms with Crippen LogP contribution in [0.25, 0.3) is 0 Å². The standard InChI is InChI=1S/C22H37N5O/c1-17-9-11-19(12-10-17)18(2)16-25-22(23-3)24-13-7-15-27-14-6-8-20(27)21(28)26(4)5/h9-12,18,20H,6-8,13-16H2,1-5H3,(H2,23,24,25). The Morgan fingerprint density at radius 3 is 2.64 bits per heavy atom. The summed E-state index contributed by atoms with van der Waals surface area (Å²) in [7, 11) is 5.49. The summed E-state index contributed by atoms with van der Waals surface area (Å²) >= 11 is 0. The van der Waals surface area contributed by atoms with Crippen molar-refractivity contribution in [1.29, 1.82) is 0 Å². The molecule has 0 aliphatic carbocycles. The summed E-state index contributed by atoms with van der Waals surface area (Å²) in [6, 6.07) is 8.76. The normalized spacial score (nSPS) is 18.8. The van der Waals surface area contributed by atoms with Gasteiger partial charge in [-0.05, 0) is 44.2 Å². The SMILES string of the molecule is CN=C(NCCCN1CCCC1C(=O)N(C)C)NCC(C)c1ccc(C)cc1. The second kappa shape index (κ2) is 11.1. The van der Waals surface area contributed by atoms with Crippen LogP contribution in [0, 0.1) is 6.92 Å². The van der Waals surface area contributed by atoms with Crippen molar-refractivity contribution >= 4 is 11.9 Å². The summed E-state index contributed by atoms with van der Waals surface area (Å²) in [6.07, 6.45) is 3.08. The van der Waals surface area contributed by atoms with Gasteiger partial charge < -0.3 is 15.5 Å². The van der Waals surface area contributed by atoms with Gasteiger partial charge in [0.1, 0.15) is 0 Å². The number of carbonyl (C=O) groups excluding carboxylic acids is 1. The second-order valence-corrected chi connectivity index (χ2v) is 7.97. The number of hydrogen-bond donors (Lipinski definition) is 2. The Kier molecular flexibility index (Phi) is 8.77. The minimum Gasteiger partial charge on any atom is -0.356 e. The number of nitrogens with zero attached hydrogens (tertiary/aromatic N) is 3. The molecule has 1 aliphatic rings. The maximum Gasteiger partial charge on any atom is 0.239 e. The monoisotopic (exact) mass is 387 g/mol. The first-order valence-corrected chi connectivity index (χ1v) is 10.4. The number of nitrogens with one attached hydrogen (secondary N) is 2. The molecular formula is C22H37N5O. The van der Waals surface area contributed by atoms with Crippen LogP contribution < -0.4 is 10.6 Å². The van der Waals surface area contributed by atoms with E-state index in [1.165, 1.54) is 11.1 Å². The molecule has 28 heavy (non-hydrogen) atoms. The zero-order valence-electron chi connectivity index (χ0n) is 18.2. The minimum atomic E-state index is 0.0581. The highest BCUT2D eigenvalue weighted by atomic mass is 16.2. The Bertz CT molecular complexity index is 641. The number of guanidine groups is 1. The van der Waals surface area contributed by atoms with Gasteiger partial charge in [0, 0.05) is 40.8 Å². The number of aryl methyl sites for hydroxylation is 1. The third-order valence-corrected chi connectivity index (χ3v) is 5.45. The van der Waals surface area contributed by atoms with Crippen LogP contribution in [-0.4, -0.2) is 75.0 Å². The van der Waals surface area contributed by atoms with Gasteiger partial charge in [0.05, 0.1) is 6.04 Å². The Morgan fingerprint density at radius 1 is 1.29 bits per heavy atom. The average molecular weight is 388 g/mol. The zero-order chi connectivity index (χ0) is 20.5. The van der Waals surface area contributed by atoms with Crippen LogP contribution in [0.2, 0.25) is 0 Å². The Morgan fingerprint density at radius 2 is 2.00 bits per heavy atom. The van der Waals surface area contributed by atoms with Gasteiger partial charge in [0.2, 0.25) is 5.91 Å². The fraction of sp³-hybridized carbons (Fsp3) is 0.636. The lowest BCUT2D eigenvalue weighted by molar-refractivity contribution is -0.133. The van der Waals surface area contributed by atoms with Crippen LogP contribution >= 0.6 is 0 Å². The van der Waals surface area contributed by atoms with Gasteiger partial charge in [0.15, 0.2) is 5.96 Å². The quantitative estimate of drug-likeness (QED) is 0.408. The van der Waals surface area contributed by atoms with Crippen LogP contribution in [0.4, 0.5) is 0 Å². The van der Waals surface area contributed by atoms with Crippen LogP contribution in [-0.2, 0) is 4.79 Å². The molecular weight excluding hydrogens is 350 g/mol. The smallest absolute Gasteiger partial charge is 0.239 e. The summed E-state index contributed by atoms with van der Waals surface area (Å²) in [4.78, 5) is 20.6.